The summed E-state index contributed by atoms with van der Waals surface area (Å²) >= 11 is 5.37. The van der Waals surface area contributed by atoms with E-state index in [1.54, 1.807) is 11.8 Å². The lowest BCUT2D eigenvalue weighted by Crippen LogP contribution is -2.28. The van der Waals surface area contributed by atoms with E-state index in [0.29, 0.717) is 11.7 Å². The van der Waals surface area contributed by atoms with Crippen LogP contribution in [0.4, 0.5) is 0 Å². The summed E-state index contributed by atoms with van der Waals surface area (Å²) in [7, 11) is 1.65. The van der Waals surface area contributed by atoms with Crippen LogP contribution in [0.5, 0.6) is 5.75 Å². The number of methoxy groups -OCH3 is 1. The lowest BCUT2D eigenvalue weighted by molar-refractivity contribution is 0.414. The maximum Gasteiger partial charge on any atom is 0.196 e. The number of hydrogen-bond donors (Lipinski definition) is 1. The molecule has 0 bridgehead atoms. The van der Waals surface area contributed by atoms with Crippen molar-refractivity contribution in [3.63, 3.8) is 0 Å². The number of nitrogens with one attached hydrogen (secondary N) is 1. The zero-order valence-corrected chi connectivity index (χ0v) is 12.3. The van der Waals surface area contributed by atoms with Gasteiger partial charge in [0.25, 0.3) is 0 Å². The molecule has 0 radical (unpaired) electrons. The Kier molecular flexibility index (Phi) is 3.79. The van der Waals surface area contributed by atoms with Gasteiger partial charge in [-0.05, 0) is 42.0 Å². The first-order valence-electron chi connectivity index (χ1n) is 6.49. The Hall–Kier alpha value is -2.47. The molecule has 0 aliphatic rings. The molecule has 0 spiro atoms. The Morgan fingerprint density at radius 2 is 1.95 bits per heavy atom. The van der Waals surface area contributed by atoms with Crippen molar-refractivity contribution in [1.29, 1.82) is 0 Å². The SMILES string of the molecule is COc1ccc(CNC(=S)n2nnc3ccccc32)cc1. The summed E-state index contributed by atoms with van der Waals surface area (Å²) in [6.07, 6.45) is 0. The van der Waals surface area contributed by atoms with Crippen LogP contribution in [-0.4, -0.2) is 27.2 Å². The number of benzene rings is 2. The van der Waals surface area contributed by atoms with Crippen LogP contribution in [0.3, 0.4) is 0 Å². The van der Waals surface area contributed by atoms with E-state index in [9.17, 15) is 0 Å². The minimum atomic E-state index is 0.527. The van der Waals surface area contributed by atoms with Gasteiger partial charge in [0.1, 0.15) is 11.3 Å². The Morgan fingerprint density at radius 3 is 2.71 bits per heavy atom. The van der Waals surface area contributed by atoms with Gasteiger partial charge in [-0.2, -0.15) is 4.68 Å². The molecule has 0 saturated carbocycles. The smallest absolute Gasteiger partial charge is 0.196 e. The summed E-state index contributed by atoms with van der Waals surface area (Å²) in [5, 5.41) is 11.9. The number of para-hydroxylation sites is 1. The highest BCUT2D eigenvalue weighted by Crippen LogP contribution is 2.12. The van der Waals surface area contributed by atoms with Gasteiger partial charge in [0.2, 0.25) is 0 Å². The number of nitrogens with zero attached hydrogens (tertiary/aromatic N) is 3. The van der Waals surface area contributed by atoms with Crippen LogP contribution in [0.25, 0.3) is 11.0 Å². The van der Waals surface area contributed by atoms with Crippen molar-refractivity contribution in [2.24, 2.45) is 0 Å². The maximum absolute atomic E-state index is 5.37. The van der Waals surface area contributed by atoms with Crippen LogP contribution in [0.2, 0.25) is 0 Å². The van der Waals surface area contributed by atoms with Crippen molar-refractivity contribution >= 4 is 28.4 Å². The molecule has 0 saturated heterocycles. The monoisotopic (exact) mass is 298 g/mol. The van der Waals surface area contributed by atoms with Gasteiger partial charge < -0.3 is 10.1 Å². The fraction of sp³-hybridized carbons (Fsp3) is 0.133. The third-order valence-corrected chi connectivity index (χ3v) is 3.46. The van der Waals surface area contributed by atoms with E-state index in [2.05, 4.69) is 15.6 Å². The first-order valence-corrected chi connectivity index (χ1v) is 6.90. The molecule has 21 heavy (non-hydrogen) atoms. The van der Waals surface area contributed by atoms with E-state index < -0.39 is 0 Å². The topological polar surface area (TPSA) is 52.0 Å². The Morgan fingerprint density at radius 1 is 1.19 bits per heavy atom. The standard InChI is InChI=1S/C15H14N4OS/c1-20-12-8-6-11(7-9-12)10-16-15(21)19-14-5-3-2-4-13(14)17-18-19/h2-9H,10H2,1H3,(H,16,21). The van der Waals surface area contributed by atoms with Gasteiger partial charge in [-0.3, -0.25) is 0 Å². The molecule has 1 heterocycles. The molecule has 0 unspecified atom stereocenters. The van der Waals surface area contributed by atoms with Crippen LogP contribution < -0.4 is 10.1 Å². The molecule has 0 atom stereocenters. The molecule has 2 aromatic carbocycles. The molecule has 0 amide bonds. The van der Waals surface area contributed by atoms with E-state index in [1.165, 1.54) is 0 Å². The van der Waals surface area contributed by atoms with Crippen molar-refractivity contribution < 1.29 is 4.74 Å². The van der Waals surface area contributed by atoms with Crippen molar-refractivity contribution in [2.45, 2.75) is 6.54 Å². The molecular weight excluding hydrogens is 284 g/mol. The highest BCUT2D eigenvalue weighted by atomic mass is 32.1. The number of fused-ring (bicyclic) bond motifs is 1. The van der Waals surface area contributed by atoms with Gasteiger partial charge in [-0.15, -0.1) is 5.10 Å². The van der Waals surface area contributed by atoms with E-state index in [0.717, 1.165) is 22.3 Å². The van der Waals surface area contributed by atoms with Crippen LogP contribution >= 0.6 is 12.2 Å². The summed E-state index contributed by atoms with van der Waals surface area (Å²) in [6, 6.07) is 15.5. The zero-order chi connectivity index (χ0) is 14.7. The van der Waals surface area contributed by atoms with Crippen molar-refractivity contribution in [3.8, 4) is 5.75 Å². The summed E-state index contributed by atoms with van der Waals surface area (Å²) in [5.41, 5.74) is 2.83. The average molecular weight is 298 g/mol. The van der Waals surface area contributed by atoms with Crippen LogP contribution in [-0.2, 0) is 6.54 Å². The third kappa shape index (κ3) is 2.85. The van der Waals surface area contributed by atoms with Crippen molar-refractivity contribution in [2.75, 3.05) is 7.11 Å². The molecule has 0 aliphatic carbocycles. The van der Waals surface area contributed by atoms with Gasteiger partial charge >= 0.3 is 0 Å². The van der Waals surface area contributed by atoms with Crippen LogP contribution in [0.1, 0.15) is 5.56 Å². The van der Waals surface area contributed by atoms with Gasteiger partial charge in [0.15, 0.2) is 5.11 Å². The van der Waals surface area contributed by atoms with Gasteiger partial charge in [0, 0.05) is 6.54 Å². The highest BCUT2D eigenvalue weighted by molar-refractivity contribution is 7.80. The van der Waals surface area contributed by atoms with Gasteiger partial charge in [-0.25, -0.2) is 0 Å². The molecule has 106 valence electrons. The fourth-order valence-electron chi connectivity index (χ4n) is 2.01. The van der Waals surface area contributed by atoms with Crippen molar-refractivity contribution in [3.05, 3.63) is 54.1 Å². The second-order valence-corrected chi connectivity index (χ2v) is 4.88. The quantitative estimate of drug-likeness (QED) is 0.752. The molecular formula is C15H14N4OS. The molecule has 0 fully saturated rings. The molecule has 0 aliphatic heterocycles. The largest absolute Gasteiger partial charge is 0.497 e. The number of hydrogen-bond acceptors (Lipinski definition) is 4. The highest BCUT2D eigenvalue weighted by Gasteiger charge is 2.07. The normalized spacial score (nSPS) is 10.5. The third-order valence-electron chi connectivity index (χ3n) is 3.15. The second kappa shape index (κ2) is 5.88. The number of aromatic nitrogens is 3. The second-order valence-electron chi connectivity index (χ2n) is 4.50. The van der Waals surface area contributed by atoms with E-state index in [-0.39, 0.29) is 0 Å². The number of thiocarbonyl (C=S) groups is 1. The first-order chi connectivity index (χ1) is 10.3. The summed E-state index contributed by atoms with van der Waals surface area (Å²) in [5.74, 6) is 0.837. The number of ether oxygens (including phenoxy) is 1. The average Bonchev–Trinajstić information content (AvgIpc) is 2.97. The van der Waals surface area contributed by atoms with Gasteiger partial charge in [0.05, 0.1) is 12.6 Å². The van der Waals surface area contributed by atoms with Crippen molar-refractivity contribution in [1.82, 2.24) is 20.3 Å². The minimum absolute atomic E-state index is 0.527. The van der Waals surface area contributed by atoms with Crippen LogP contribution in [0, 0.1) is 0 Å². The molecule has 3 rings (SSSR count). The first kappa shape index (κ1) is 13.5. The molecule has 1 N–H and O–H groups in total. The Balaban J connectivity index is 1.71. The van der Waals surface area contributed by atoms with E-state index in [1.807, 2.05) is 48.5 Å². The molecule has 3 aromatic rings. The summed E-state index contributed by atoms with van der Waals surface area (Å²) < 4.78 is 6.77. The van der Waals surface area contributed by atoms with E-state index >= 15 is 0 Å². The zero-order valence-electron chi connectivity index (χ0n) is 11.5. The lowest BCUT2D eigenvalue weighted by Gasteiger charge is -2.08. The predicted octanol–water partition coefficient (Wildman–Crippen LogP) is 2.36. The molecule has 1 aromatic heterocycles. The fourth-order valence-corrected chi connectivity index (χ4v) is 2.22. The Labute approximate surface area is 127 Å². The summed E-state index contributed by atoms with van der Waals surface area (Å²) in [4.78, 5) is 0. The minimum Gasteiger partial charge on any atom is -0.497 e. The lowest BCUT2D eigenvalue weighted by atomic mass is 10.2. The Bertz CT molecular complexity index is 767. The van der Waals surface area contributed by atoms with Crippen LogP contribution in [0.15, 0.2) is 48.5 Å². The van der Waals surface area contributed by atoms with Gasteiger partial charge in [-0.1, -0.05) is 29.5 Å². The maximum atomic E-state index is 5.37. The molecule has 5 nitrogen and oxygen atoms in total. The summed E-state index contributed by atoms with van der Waals surface area (Å²) in [6.45, 7) is 0.622. The number of rotatable bonds is 3. The van der Waals surface area contributed by atoms with E-state index in [4.69, 9.17) is 17.0 Å². The predicted molar refractivity (Wildman–Crippen MR) is 85.4 cm³/mol. The molecule has 6 heteroatoms.